The molecule has 0 unspecified atom stereocenters. The third-order valence-corrected chi connectivity index (χ3v) is 6.12. The Bertz CT molecular complexity index is 1050. The standard InChI is InChI=1S/C30H38O4/c1-20(2)12-14-24-27(32)26(25(31)15-13-23-10-8-7-9-11-23)29(34)30(28(24)33,18-16-21(3)4)19-17-22(5)6/h7-12,16-17,32-33H,13-15,18-19H2,1-6H3. The molecule has 2 rings (SSSR count). The maximum absolute atomic E-state index is 13.9. The molecular formula is C30H38O4. The number of allylic oxidation sites excluding steroid dienone is 9. The first kappa shape index (κ1) is 27.1. The van der Waals surface area contributed by atoms with Crippen molar-refractivity contribution in [3.8, 4) is 0 Å². The zero-order valence-electron chi connectivity index (χ0n) is 21.4. The van der Waals surface area contributed by atoms with Crippen molar-refractivity contribution in [2.75, 3.05) is 0 Å². The molecule has 182 valence electrons. The summed E-state index contributed by atoms with van der Waals surface area (Å²) in [5, 5.41) is 22.5. The lowest BCUT2D eigenvalue weighted by Crippen LogP contribution is -2.40. The molecule has 0 atom stereocenters. The highest BCUT2D eigenvalue weighted by molar-refractivity contribution is 6.24. The lowest BCUT2D eigenvalue weighted by molar-refractivity contribution is -0.128. The summed E-state index contributed by atoms with van der Waals surface area (Å²) < 4.78 is 0. The summed E-state index contributed by atoms with van der Waals surface area (Å²) in [7, 11) is 0. The average molecular weight is 463 g/mol. The number of aryl methyl sites for hydroxylation is 1. The van der Waals surface area contributed by atoms with Crippen LogP contribution in [0.3, 0.4) is 0 Å². The van der Waals surface area contributed by atoms with Crippen molar-refractivity contribution in [3.05, 3.63) is 93.5 Å². The molecule has 0 saturated heterocycles. The molecule has 2 N–H and O–H groups in total. The van der Waals surface area contributed by atoms with E-state index in [1.54, 1.807) is 0 Å². The first-order valence-electron chi connectivity index (χ1n) is 11.9. The summed E-state index contributed by atoms with van der Waals surface area (Å²) in [6.07, 6.45) is 7.05. The summed E-state index contributed by atoms with van der Waals surface area (Å²) in [4.78, 5) is 27.3. The van der Waals surface area contributed by atoms with Crippen molar-refractivity contribution in [1.82, 2.24) is 0 Å². The molecule has 0 amide bonds. The van der Waals surface area contributed by atoms with Crippen molar-refractivity contribution >= 4 is 11.6 Å². The predicted octanol–water partition coefficient (Wildman–Crippen LogP) is 7.45. The minimum Gasteiger partial charge on any atom is -0.511 e. The van der Waals surface area contributed by atoms with Crippen LogP contribution in [0.1, 0.15) is 72.8 Å². The molecule has 1 aliphatic rings. The Hall–Kier alpha value is -3.14. The van der Waals surface area contributed by atoms with Gasteiger partial charge in [-0.05, 0) is 72.8 Å². The van der Waals surface area contributed by atoms with E-state index in [9.17, 15) is 19.8 Å². The summed E-state index contributed by atoms with van der Waals surface area (Å²) in [5.41, 5.74) is 2.79. The zero-order chi connectivity index (χ0) is 25.5. The SMILES string of the molecule is CC(C)=CCC1=C(O)C(CC=C(C)C)(CC=C(C)C)C(=O)C(C(=O)CCc2ccccc2)=C1O. The van der Waals surface area contributed by atoms with E-state index < -0.39 is 17.0 Å². The summed E-state index contributed by atoms with van der Waals surface area (Å²) >= 11 is 0. The highest BCUT2D eigenvalue weighted by atomic mass is 16.3. The van der Waals surface area contributed by atoms with Crippen LogP contribution in [0.15, 0.2) is 87.9 Å². The third kappa shape index (κ3) is 6.47. The topological polar surface area (TPSA) is 74.6 Å². The highest BCUT2D eigenvalue weighted by Crippen LogP contribution is 2.46. The van der Waals surface area contributed by atoms with Crippen molar-refractivity contribution in [3.63, 3.8) is 0 Å². The molecule has 0 radical (unpaired) electrons. The maximum atomic E-state index is 13.9. The van der Waals surface area contributed by atoms with Gasteiger partial charge < -0.3 is 10.2 Å². The Kier molecular flexibility index (Phi) is 9.43. The molecule has 0 spiro atoms. The Balaban J connectivity index is 2.63. The van der Waals surface area contributed by atoms with Gasteiger partial charge in [0.25, 0.3) is 0 Å². The van der Waals surface area contributed by atoms with Crippen LogP contribution in [0.25, 0.3) is 0 Å². The van der Waals surface area contributed by atoms with Gasteiger partial charge in [0.2, 0.25) is 0 Å². The van der Waals surface area contributed by atoms with E-state index in [-0.39, 0.29) is 48.3 Å². The largest absolute Gasteiger partial charge is 0.511 e. The number of hydrogen-bond acceptors (Lipinski definition) is 4. The molecule has 4 heteroatoms. The molecule has 0 saturated carbocycles. The van der Waals surface area contributed by atoms with Gasteiger partial charge in [0.05, 0.1) is 5.41 Å². The van der Waals surface area contributed by atoms with Gasteiger partial charge >= 0.3 is 0 Å². The first-order valence-corrected chi connectivity index (χ1v) is 11.9. The van der Waals surface area contributed by atoms with Crippen LogP contribution in [0.5, 0.6) is 0 Å². The summed E-state index contributed by atoms with van der Waals surface area (Å²) in [6, 6.07) is 9.59. The van der Waals surface area contributed by atoms with Crippen LogP contribution in [-0.2, 0) is 16.0 Å². The van der Waals surface area contributed by atoms with E-state index >= 15 is 0 Å². The fourth-order valence-corrected chi connectivity index (χ4v) is 4.01. The predicted molar refractivity (Wildman–Crippen MR) is 139 cm³/mol. The molecule has 0 fully saturated rings. The van der Waals surface area contributed by atoms with E-state index in [1.807, 2.05) is 90.1 Å². The number of aliphatic hydroxyl groups excluding tert-OH is 2. The Morgan fingerprint density at radius 2 is 1.38 bits per heavy atom. The van der Waals surface area contributed by atoms with E-state index in [4.69, 9.17) is 0 Å². The number of carbonyl (C=O) groups is 2. The number of benzene rings is 1. The van der Waals surface area contributed by atoms with Crippen LogP contribution in [-0.4, -0.2) is 21.8 Å². The molecule has 0 aliphatic heterocycles. The number of rotatable bonds is 10. The second-order valence-corrected chi connectivity index (χ2v) is 9.83. The fraction of sp³-hybridized carbons (Fsp3) is 0.400. The van der Waals surface area contributed by atoms with Gasteiger partial charge in [-0.25, -0.2) is 0 Å². The maximum Gasteiger partial charge on any atom is 0.184 e. The molecule has 1 aliphatic carbocycles. The molecule has 34 heavy (non-hydrogen) atoms. The van der Waals surface area contributed by atoms with Gasteiger partial charge in [-0.1, -0.05) is 65.3 Å². The molecule has 1 aromatic rings. The first-order chi connectivity index (χ1) is 16.0. The highest BCUT2D eigenvalue weighted by Gasteiger charge is 2.49. The molecule has 0 aromatic heterocycles. The van der Waals surface area contributed by atoms with Gasteiger partial charge in [0, 0.05) is 12.0 Å². The van der Waals surface area contributed by atoms with Crippen LogP contribution < -0.4 is 0 Å². The Morgan fingerprint density at radius 1 is 0.853 bits per heavy atom. The monoisotopic (exact) mass is 462 g/mol. The molecule has 0 heterocycles. The van der Waals surface area contributed by atoms with Crippen LogP contribution in [0, 0.1) is 5.41 Å². The Labute approximate surface area is 204 Å². The van der Waals surface area contributed by atoms with Gasteiger partial charge in [0.1, 0.15) is 17.1 Å². The van der Waals surface area contributed by atoms with Crippen LogP contribution in [0.4, 0.5) is 0 Å². The fourth-order valence-electron chi connectivity index (χ4n) is 4.01. The van der Waals surface area contributed by atoms with E-state index in [1.165, 1.54) is 0 Å². The third-order valence-electron chi connectivity index (χ3n) is 6.12. The second-order valence-electron chi connectivity index (χ2n) is 9.83. The van der Waals surface area contributed by atoms with E-state index in [0.717, 1.165) is 22.3 Å². The van der Waals surface area contributed by atoms with E-state index in [0.29, 0.717) is 6.42 Å². The lowest BCUT2D eigenvalue weighted by atomic mass is 9.66. The molecule has 0 bridgehead atoms. The smallest absolute Gasteiger partial charge is 0.184 e. The minimum absolute atomic E-state index is 0.104. The van der Waals surface area contributed by atoms with Crippen LogP contribution >= 0.6 is 0 Å². The molecule has 1 aromatic carbocycles. The van der Waals surface area contributed by atoms with E-state index in [2.05, 4.69) is 0 Å². The molecule has 4 nitrogen and oxygen atoms in total. The summed E-state index contributed by atoms with van der Waals surface area (Å²) in [5.74, 6) is -1.42. The second kappa shape index (κ2) is 11.8. The Morgan fingerprint density at radius 3 is 1.88 bits per heavy atom. The number of carbonyl (C=O) groups excluding carboxylic acids is 2. The average Bonchev–Trinajstić information content (AvgIpc) is 2.77. The van der Waals surface area contributed by atoms with Crippen molar-refractivity contribution in [2.24, 2.45) is 5.41 Å². The number of ketones is 2. The van der Waals surface area contributed by atoms with Crippen molar-refractivity contribution in [1.29, 1.82) is 0 Å². The summed E-state index contributed by atoms with van der Waals surface area (Å²) in [6.45, 7) is 11.6. The van der Waals surface area contributed by atoms with Gasteiger partial charge in [-0.2, -0.15) is 0 Å². The van der Waals surface area contributed by atoms with Gasteiger partial charge in [-0.15, -0.1) is 0 Å². The zero-order valence-corrected chi connectivity index (χ0v) is 21.4. The van der Waals surface area contributed by atoms with Gasteiger partial charge in [-0.3, -0.25) is 9.59 Å². The molecular weight excluding hydrogens is 424 g/mol. The minimum atomic E-state index is -1.32. The van der Waals surface area contributed by atoms with Gasteiger partial charge in [0.15, 0.2) is 11.6 Å². The normalized spacial score (nSPS) is 15.2. The number of aliphatic hydroxyl groups is 2. The quantitative estimate of drug-likeness (QED) is 0.280. The number of Topliss-reactive ketones (excluding diaryl/α,β-unsaturated/α-hetero) is 2. The number of hydrogen-bond donors (Lipinski definition) is 2. The van der Waals surface area contributed by atoms with Crippen LogP contribution in [0.2, 0.25) is 0 Å². The van der Waals surface area contributed by atoms with Crippen molar-refractivity contribution < 1.29 is 19.8 Å². The van der Waals surface area contributed by atoms with Crippen molar-refractivity contribution in [2.45, 2.75) is 73.6 Å². The lowest BCUT2D eigenvalue weighted by Gasteiger charge is -2.36.